The lowest BCUT2D eigenvalue weighted by atomic mass is 10.2. The summed E-state index contributed by atoms with van der Waals surface area (Å²) in [6.45, 7) is 3.32. The van der Waals surface area contributed by atoms with E-state index in [9.17, 15) is 4.79 Å². The van der Waals surface area contributed by atoms with E-state index in [1.807, 2.05) is 35.0 Å². The van der Waals surface area contributed by atoms with Crippen molar-refractivity contribution >= 4 is 5.91 Å². The van der Waals surface area contributed by atoms with E-state index in [2.05, 4.69) is 0 Å². The Morgan fingerprint density at radius 2 is 2.00 bits per heavy atom. The van der Waals surface area contributed by atoms with E-state index >= 15 is 0 Å². The van der Waals surface area contributed by atoms with Crippen LogP contribution in [0.25, 0.3) is 0 Å². The van der Waals surface area contributed by atoms with Crippen LogP contribution in [0.15, 0.2) is 18.2 Å². The average Bonchev–Trinajstić information content (AvgIpc) is 3.09. The Morgan fingerprint density at radius 3 is 2.80 bits per heavy atom. The van der Waals surface area contributed by atoms with Gasteiger partial charge in [-0.25, -0.2) is 0 Å². The van der Waals surface area contributed by atoms with Crippen LogP contribution in [0.1, 0.15) is 18.4 Å². The molecule has 0 aromatic heterocycles. The first-order chi connectivity index (χ1) is 9.72. The Kier molecular flexibility index (Phi) is 3.78. The van der Waals surface area contributed by atoms with E-state index in [0.717, 1.165) is 49.5 Å². The van der Waals surface area contributed by atoms with Gasteiger partial charge in [0.15, 0.2) is 11.5 Å². The number of hydrogen-bond acceptors (Lipinski definition) is 4. The highest BCUT2D eigenvalue weighted by atomic mass is 16.7. The van der Waals surface area contributed by atoms with Gasteiger partial charge < -0.3 is 14.4 Å². The maximum Gasteiger partial charge on any atom is 0.236 e. The standard InChI is InChI=1S/C15H20N2O3/c1-16(10-15(18)17-6-2-3-7-17)9-12-4-5-13-14(8-12)20-11-19-13/h4-5,8H,2-3,6-7,9-11H2,1H3. The highest BCUT2D eigenvalue weighted by molar-refractivity contribution is 5.78. The van der Waals surface area contributed by atoms with E-state index < -0.39 is 0 Å². The third-order valence-electron chi connectivity index (χ3n) is 3.75. The zero-order chi connectivity index (χ0) is 13.9. The predicted octanol–water partition coefficient (Wildman–Crippen LogP) is 1.47. The molecule has 1 saturated heterocycles. The summed E-state index contributed by atoms with van der Waals surface area (Å²) in [6, 6.07) is 5.93. The molecule has 0 unspecified atom stereocenters. The normalized spacial score (nSPS) is 17.0. The first kappa shape index (κ1) is 13.2. The minimum absolute atomic E-state index is 0.228. The van der Waals surface area contributed by atoms with Crippen LogP contribution < -0.4 is 9.47 Å². The second-order valence-corrected chi connectivity index (χ2v) is 5.45. The van der Waals surface area contributed by atoms with Crippen LogP contribution in [0.2, 0.25) is 0 Å². The van der Waals surface area contributed by atoms with Gasteiger partial charge in [0.05, 0.1) is 6.54 Å². The summed E-state index contributed by atoms with van der Waals surface area (Å²) in [6.07, 6.45) is 2.27. The Labute approximate surface area is 119 Å². The van der Waals surface area contributed by atoms with Gasteiger partial charge >= 0.3 is 0 Å². The number of rotatable bonds is 4. The number of carbonyl (C=O) groups is 1. The van der Waals surface area contributed by atoms with Gasteiger partial charge in [-0.05, 0) is 37.6 Å². The van der Waals surface area contributed by atoms with Crippen LogP contribution in [-0.4, -0.2) is 49.2 Å². The highest BCUT2D eigenvalue weighted by Gasteiger charge is 2.19. The summed E-state index contributed by atoms with van der Waals surface area (Å²) >= 11 is 0. The first-order valence-corrected chi connectivity index (χ1v) is 7.07. The van der Waals surface area contributed by atoms with Gasteiger partial charge in [0.25, 0.3) is 0 Å². The van der Waals surface area contributed by atoms with Crippen molar-refractivity contribution in [3.63, 3.8) is 0 Å². The molecule has 0 atom stereocenters. The SMILES string of the molecule is CN(CC(=O)N1CCCC1)Cc1ccc2c(c1)OCO2. The molecular weight excluding hydrogens is 256 g/mol. The second-order valence-electron chi connectivity index (χ2n) is 5.45. The fourth-order valence-corrected chi connectivity index (χ4v) is 2.70. The van der Waals surface area contributed by atoms with E-state index in [1.54, 1.807) is 0 Å². The molecule has 0 spiro atoms. The van der Waals surface area contributed by atoms with Crippen molar-refractivity contribution in [2.45, 2.75) is 19.4 Å². The monoisotopic (exact) mass is 276 g/mol. The fraction of sp³-hybridized carbons (Fsp3) is 0.533. The van der Waals surface area contributed by atoms with Crippen LogP contribution in [-0.2, 0) is 11.3 Å². The molecule has 108 valence electrons. The second kappa shape index (κ2) is 5.71. The maximum atomic E-state index is 12.1. The van der Waals surface area contributed by atoms with Gasteiger partial charge in [0, 0.05) is 19.6 Å². The Balaban J connectivity index is 1.55. The van der Waals surface area contributed by atoms with Crippen LogP contribution in [0.5, 0.6) is 11.5 Å². The summed E-state index contributed by atoms with van der Waals surface area (Å²) in [5.41, 5.74) is 1.13. The number of carbonyl (C=O) groups excluding carboxylic acids is 1. The number of fused-ring (bicyclic) bond motifs is 1. The molecule has 1 aromatic rings. The van der Waals surface area contributed by atoms with Crippen molar-refractivity contribution in [3.05, 3.63) is 23.8 Å². The van der Waals surface area contributed by atoms with Crippen LogP contribution in [0.3, 0.4) is 0 Å². The number of nitrogens with zero attached hydrogens (tertiary/aromatic N) is 2. The van der Waals surface area contributed by atoms with Gasteiger partial charge in [-0.1, -0.05) is 6.07 Å². The number of hydrogen-bond donors (Lipinski definition) is 0. The summed E-state index contributed by atoms with van der Waals surface area (Å²) in [7, 11) is 1.97. The molecule has 5 nitrogen and oxygen atoms in total. The molecular formula is C15H20N2O3. The summed E-state index contributed by atoms with van der Waals surface area (Å²) < 4.78 is 10.7. The Hall–Kier alpha value is -1.75. The van der Waals surface area contributed by atoms with E-state index in [0.29, 0.717) is 13.3 Å². The number of likely N-dealkylation sites (tertiary alicyclic amines) is 1. The molecule has 5 heteroatoms. The summed E-state index contributed by atoms with van der Waals surface area (Å²) in [4.78, 5) is 16.1. The van der Waals surface area contributed by atoms with Crippen molar-refractivity contribution in [3.8, 4) is 11.5 Å². The van der Waals surface area contributed by atoms with Crippen LogP contribution in [0, 0.1) is 0 Å². The highest BCUT2D eigenvalue weighted by Crippen LogP contribution is 2.32. The van der Waals surface area contributed by atoms with Gasteiger partial charge in [0.2, 0.25) is 12.7 Å². The smallest absolute Gasteiger partial charge is 0.236 e. The third-order valence-corrected chi connectivity index (χ3v) is 3.75. The van der Waals surface area contributed by atoms with Crippen molar-refractivity contribution in [2.75, 3.05) is 33.5 Å². The molecule has 1 amide bonds. The predicted molar refractivity (Wildman–Crippen MR) is 74.7 cm³/mol. The molecule has 0 N–H and O–H groups in total. The summed E-state index contributed by atoms with van der Waals surface area (Å²) in [5, 5.41) is 0. The molecule has 2 aliphatic heterocycles. The molecule has 0 aliphatic carbocycles. The molecule has 1 fully saturated rings. The quantitative estimate of drug-likeness (QED) is 0.835. The minimum atomic E-state index is 0.228. The number of amides is 1. The van der Waals surface area contributed by atoms with Crippen molar-refractivity contribution in [2.24, 2.45) is 0 Å². The number of likely N-dealkylation sites (N-methyl/N-ethyl adjacent to an activating group) is 1. The Morgan fingerprint density at radius 1 is 1.25 bits per heavy atom. The van der Waals surface area contributed by atoms with E-state index in [-0.39, 0.29) is 5.91 Å². The maximum absolute atomic E-state index is 12.1. The number of benzene rings is 1. The van der Waals surface area contributed by atoms with Crippen molar-refractivity contribution < 1.29 is 14.3 Å². The lowest BCUT2D eigenvalue weighted by Gasteiger charge is -2.21. The van der Waals surface area contributed by atoms with Crippen molar-refractivity contribution in [1.82, 2.24) is 9.80 Å². The Bertz CT molecular complexity index is 498. The van der Waals surface area contributed by atoms with Crippen LogP contribution >= 0.6 is 0 Å². The largest absolute Gasteiger partial charge is 0.454 e. The molecule has 2 aliphatic rings. The van der Waals surface area contributed by atoms with Crippen molar-refractivity contribution in [1.29, 1.82) is 0 Å². The molecule has 20 heavy (non-hydrogen) atoms. The molecule has 0 saturated carbocycles. The van der Waals surface area contributed by atoms with Gasteiger partial charge in [0.1, 0.15) is 0 Å². The minimum Gasteiger partial charge on any atom is -0.454 e. The van der Waals surface area contributed by atoms with E-state index in [1.165, 1.54) is 0 Å². The topological polar surface area (TPSA) is 42.0 Å². The lowest BCUT2D eigenvalue weighted by molar-refractivity contribution is -0.131. The van der Waals surface area contributed by atoms with Gasteiger partial charge in [-0.15, -0.1) is 0 Å². The average molecular weight is 276 g/mol. The molecule has 1 aromatic carbocycles. The molecule has 2 heterocycles. The van der Waals surface area contributed by atoms with Gasteiger partial charge in [-0.2, -0.15) is 0 Å². The zero-order valence-electron chi connectivity index (χ0n) is 11.8. The molecule has 0 bridgehead atoms. The van der Waals surface area contributed by atoms with Crippen LogP contribution in [0.4, 0.5) is 0 Å². The van der Waals surface area contributed by atoms with E-state index in [4.69, 9.17) is 9.47 Å². The zero-order valence-corrected chi connectivity index (χ0v) is 11.8. The summed E-state index contributed by atoms with van der Waals surface area (Å²) in [5.74, 6) is 1.82. The van der Waals surface area contributed by atoms with Gasteiger partial charge in [-0.3, -0.25) is 9.69 Å². The molecule has 0 radical (unpaired) electrons. The first-order valence-electron chi connectivity index (χ1n) is 7.07. The fourth-order valence-electron chi connectivity index (χ4n) is 2.70. The molecule has 3 rings (SSSR count). The lowest BCUT2D eigenvalue weighted by Crippen LogP contribution is -2.36. The third kappa shape index (κ3) is 2.88. The number of ether oxygens (including phenoxy) is 2.